The van der Waals surface area contributed by atoms with Gasteiger partial charge in [-0.1, -0.05) is 12.1 Å². The van der Waals surface area contributed by atoms with Gasteiger partial charge in [0.25, 0.3) is 0 Å². The molecule has 236 valence electrons. The Labute approximate surface area is 269 Å². The van der Waals surface area contributed by atoms with Crippen molar-refractivity contribution in [3.63, 3.8) is 0 Å². The van der Waals surface area contributed by atoms with E-state index >= 15 is 4.39 Å². The van der Waals surface area contributed by atoms with Crippen LogP contribution in [0.5, 0.6) is 11.6 Å². The lowest BCUT2D eigenvalue weighted by Crippen LogP contribution is -2.44. The number of hydrogen-bond donors (Lipinski definition) is 3. The average molecular weight is 674 g/mol. The SMILES string of the molecule is Cc1nc(CS(=O)(=O)Nc2c(F)ccc3c(Oc4ncccc4-c4ccnc(N[C@H]5CNC[C@H](F)C5)n4)c(C)ccc23)cs1.Cl. The highest BCUT2D eigenvalue weighted by molar-refractivity contribution is 7.91. The monoisotopic (exact) mass is 673 g/mol. The first-order valence-electron chi connectivity index (χ1n) is 13.9. The van der Waals surface area contributed by atoms with E-state index in [4.69, 9.17) is 4.74 Å². The van der Waals surface area contributed by atoms with E-state index in [1.54, 1.807) is 61.1 Å². The molecule has 15 heteroatoms. The van der Waals surface area contributed by atoms with E-state index in [1.165, 1.54) is 17.4 Å². The zero-order valence-electron chi connectivity index (χ0n) is 24.3. The number of aryl methyl sites for hydroxylation is 2. The van der Waals surface area contributed by atoms with Gasteiger partial charge >= 0.3 is 0 Å². The fourth-order valence-electron chi connectivity index (χ4n) is 5.08. The number of nitrogens with zero attached hydrogens (tertiary/aromatic N) is 4. The first-order chi connectivity index (χ1) is 21.1. The van der Waals surface area contributed by atoms with Crippen LogP contribution in [0.1, 0.15) is 22.7 Å². The van der Waals surface area contributed by atoms with E-state index < -0.39 is 22.0 Å². The second-order valence-electron chi connectivity index (χ2n) is 10.5. The van der Waals surface area contributed by atoms with Gasteiger partial charge in [0.2, 0.25) is 21.9 Å². The highest BCUT2D eigenvalue weighted by Gasteiger charge is 2.23. The number of benzene rings is 2. The number of nitrogens with one attached hydrogen (secondary N) is 3. The van der Waals surface area contributed by atoms with E-state index in [9.17, 15) is 12.8 Å². The second-order valence-corrected chi connectivity index (χ2v) is 13.3. The minimum Gasteiger partial charge on any atom is -0.437 e. The zero-order chi connectivity index (χ0) is 30.8. The van der Waals surface area contributed by atoms with Crippen LogP contribution in [0.3, 0.4) is 0 Å². The summed E-state index contributed by atoms with van der Waals surface area (Å²) in [5.41, 5.74) is 2.03. The summed E-state index contributed by atoms with van der Waals surface area (Å²) in [5.74, 6) is -0.146. The molecule has 2 aromatic carbocycles. The molecule has 10 nitrogen and oxygen atoms in total. The Morgan fingerprint density at radius 3 is 2.64 bits per heavy atom. The van der Waals surface area contributed by atoms with Crippen molar-refractivity contribution >= 4 is 56.2 Å². The Balaban J connectivity index is 0.00000400. The normalized spacial score (nSPS) is 16.6. The van der Waals surface area contributed by atoms with Gasteiger partial charge in [-0.2, -0.15) is 0 Å². The summed E-state index contributed by atoms with van der Waals surface area (Å²) in [6.45, 7) is 4.54. The maximum absolute atomic E-state index is 15.1. The Hall–Kier alpha value is -3.98. The van der Waals surface area contributed by atoms with Gasteiger partial charge in [0.05, 0.1) is 27.6 Å². The molecule has 4 heterocycles. The smallest absolute Gasteiger partial charge is 0.238 e. The van der Waals surface area contributed by atoms with Gasteiger partial charge in [-0.15, -0.1) is 23.7 Å². The molecule has 0 aliphatic carbocycles. The number of anilines is 2. The third-order valence-electron chi connectivity index (χ3n) is 7.09. The lowest BCUT2D eigenvalue weighted by Gasteiger charge is -2.26. The predicted octanol–water partition coefficient (Wildman–Crippen LogP) is 6.17. The minimum atomic E-state index is -3.97. The predicted molar refractivity (Wildman–Crippen MR) is 174 cm³/mol. The molecule has 1 aliphatic rings. The van der Waals surface area contributed by atoms with Crippen LogP contribution in [0, 0.1) is 19.7 Å². The highest BCUT2D eigenvalue weighted by Crippen LogP contribution is 2.40. The van der Waals surface area contributed by atoms with Crippen LogP contribution < -0.4 is 20.1 Å². The summed E-state index contributed by atoms with van der Waals surface area (Å²) < 4.78 is 63.8. The third kappa shape index (κ3) is 7.47. The molecule has 3 aromatic heterocycles. The summed E-state index contributed by atoms with van der Waals surface area (Å²) in [6, 6.07) is 11.2. The van der Waals surface area contributed by atoms with Crippen LogP contribution in [0.2, 0.25) is 0 Å². The number of ether oxygens (including phenoxy) is 1. The van der Waals surface area contributed by atoms with Crippen molar-refractivity contribution < 1.29 is 21.9 Å². The van der Waals surface area contributed by atoms with E-state index in [0.29, 0.717) is 58.9 Å². The van der Waals surface area contributed by atoms with Crippen LogP contribution in [0.25, 0.3) is 22.0 Å². The van der Waals surface area contributed by atoms with Crippen molar-refractivity contribution in [1.29, 1.82) is 0 Å². The number of hydrogen-bond acceptors (Lipinski definition) is 10. The highest BCUT2D eigenvalue weighted by atomic mass is 35.5. The standard InChI is InChI=1S/C30H29F2N7O3S2.ClH/c1-17-5-6-22-23(7-8-25(32)27(22)39-44(40,41)16-21-15-43-18(2)36-21)28(17)42-29-24(4-3-10-34-29)26-9-11-35-30(38-26)37-20-12-19(31)13-33-14-20;/h3-11,15,19-20,33,39H,12-14,16H2,1-2H3,(H,35,37,38);1H/t19-,20-;/m1./s1. The number of piperidine rings is 1. The summed E-state index contributed by atoms with van der Waals surface area (Å²) in [5, 5.41) is 9.45. The zero-order valence-corrected chi connectivity index (χ0v) is 26.7. The van der Waals surface area contributed by atoms with E-state index in [1.807, 2.05) is 6.92 Å². The van der Waals surface area contributed by atoms with Gasteiger partial charge in [0.1, 0.15) is 23.5 Å². The number of halogens is 3. The van der Waals surface area contributed by atoms with Crippen molar-refractivity contribution in [3.05, 3.63) is 82.3 Å². The number of alkyl halides is 1. The molecule has 0 saturated carbocycles. The summed E-state index contributed by atoms with van der Waals surface area (Å²) in [7, 11) is -3.97. The Morgan fingerprint density at radius 1 is 1.04 bits per heavy atom. The molecule has 5 aromatic rings. The van der Waals surface area contributed by atoms with Gasteiger partial charge in [-0.25, -0.2) is 37.1 Å². The molecule has 0 radical (unpaired) electrons. The van der Waals surface area contributed by atoms with Crippen LogP contribution in [-0.4, -0.2) is 53.7 Å². The lowest BCUT2D eigenvalue weighted by molar-refractivity contribution is 0.254. The van der Waals surface area contributed by atoms with Gasteiger partial charge in [0, 0.05) is 54.1 Å². The topological polar surface area (TPSA) is 131 Å². The van der Waals surface area contributed by atoms with Crippen molar-refractivity contribution in [2.45, 2.75) is 38.2 Å². The molecule has 6 rings (SSSR count). The van der Waals surface area contributed by atoms with Gasteiger partial charge < -0.3 is 15.4 Å². The number of thiazole rings is 1. The number of pyridine rings is 1. The molecule has 1 aliphatic heterocycles. The Bertz CT molecular complexity index is 1940. The van der Waals surface area contributed by atoms with Crippen LogP contribution in [-0.2, 0) is 15.8 Å². The second kappa shape index (κ2) is 13.6. The van der Waals surface area contributed by atoms with Crippen molar-refractivity contribution in [2.24, 2.45) is 0 Å². The van der Waals surface area contributed by atoms with Gasteiger partial charge in [-0.05, 0) is 49.7 Å². The molecule has 0 amide bonds. The van der Waals surface area contributed by atoms with Crippen LogP contribution in [0.15, 0.2) is 60.2 Å². The molecule has 45 heavy (non-hydrogen) atoms. The Morgan fingerprint density at radius 2 is 1.87 bits per heavy atom. The first-order valence-corrected chi connectivity index (χ1v) is 16.4. The Kier molecular flexibility index (Phi) is 9.77. The molecular formula is C30H30ClF2N7O3S2. The maximum atomic E-state index is 15.1. The van der Waals surface area contributed by atoms with E-state index in [0.717, 1.165) is 10.6 Å². The van der Waals surface area contributed by atoms with Gasteiger partial charge in [0.15, 0.2) is 0 Å². The summed E-state index contributed by atoms with van der Waals surface area (Å²) >= 11 is 1.34. The minimum absolute atomic E-state index is 0. The maximum Gasteiger partial charge on any atom is 0.238 e. The van der Waals surface area contributed by atoms with Crippen LogP contribution >= 0.6 is 23.7 Å². The largest absolute Gasteiger partial charge is 0.437 e. The molecule has 0 unspecified atom stereocenters. The van der Waals surface area contributed by atoms with Gasteiger partial charge in [-0.3, -0.25) is 4.72 Å². The number of rotatable bonds is 9. The molecule has 1 saturated heterocycles. The fraction of sp³-hybridized carbons (Fsp3) is 0.267. The van der Waals surface area contributed by atoms with Crippen LogP contribution in [0.4, 0.5) is 20.4 Å². The van der Waals surface area contributed by atoms with Crippen molar-refractivity contribution in [1.82, 2.24) is 25.3 Å². The number of sulfonamides is 1. The van der Waals surface area contributed by atoms with E-state index in [-0.39, 0.29) is 35.8 Å². The molecule has 1 fully saturated rings. The number of fused-ring (bicyclic) bond motifs is 1. The molecular weight excluding hydrogens is 644 g/mol. The average Bonchev–Trinajstić information content (AvgIpc) is 3.39. The number of aromatic nitrogens is 4. The van der Waals surface area contributed by atoms with Crippen molar-refractivity contribution in [2.75, 3.05) is 23.1 Å². The molecule has 3 N–H and O–H groups in total. The molecule has 0 spiro atoms. The summed E-state index contributed by atoms with van der Waals surface area (Å²) in [4.78, 5) is 17.6. The van der Waals surface area contributed by atoms with E-state index in [2.05, 4.69) is 35.3 Å². The molecule has 0 bridgehead atoms. The third-order valence-corrected chi connectivity index (χ3v) is 9.10. The quantitative estimate of drug-likeness (QED) is 0.168. The molecule has 2 atom stereocenters. The summed E-state index contributed by atoms with van der Waals surface area (Å²) in [6.07, 6.45) is 2.58. The first kappa shape index (κ1) is 32.4. The lowest BCUT2D eigenvalue weighted by atomic mass is 10.0. The van der Waals surface area contributed by atoms with Crippen molar-refractivity contribution in [3.8, 4) is 22.9 Å². The fourth-order valence-corrected chi connectivity index (χ4v) is 6.93.